The molecule has 0 bridgehead atoms. The minimum Gasteiger partial charge on any atom is -0.294 e. The highest BCUT2D eigenvalue weighted by Gasteiger charge is 2.39. The molecule has 0 amide bonds. The number of rotatable bonds is 2. The van der Waals surface area contributed by atoms with Gasteiger partial charge in [-0.15, -0.1) is 0 Å². The minimum atomic E-state index is 0.117. The molecule has 0 aromatic carbocycles. The van der Waals surface area contributed by atoms with Crippen molar-refractivity contribution in [2.24, 2.45) is 11.3 Å². The second kappa shape index (κ2) is 3.65. The maximum atomic E-state index is 11.8. The van der Waals surface area contributed by atoms with Gasteiger partial charge in [0, 0.05) is 5.92 Å². The Morgan fingerprint density at radius 2 is 2.15 bits per heavy atom. The first-order chi connectivity index (χ1) is 5.99. The van der Waals surface area contributed by atoms with Crippen LogP contribution in [0, 0.1) is 11.3 Å². The van der Waals surface area contributed by atoms with Gasteiger partial charge in [-0.3, -0.25) is 4.79 Å². The van der Waals surface area contributed by atoms with Gasteiger partial charge in [0.2, 0.25) is 0 Å². The molecule has 1 unspecified atom stereocenters. The number of hydrogen-bond donors (Lipinski definition) is 0. The Kier molecular flexibility index (Phi) is 2.94. The van der Waals surface area contributed by atoms with Crippen LogP contribution in [-0.4, -0.2) is 5.78 Å². The van der Waals surface area contributed by atoms with Crippen molar-refractivity contribution < 1.29 is 4.79 Å². The van der Waals surface area contributed by atoms with Crippen molar-refractivity contribution >= 4 is 5.78 Å². The average Bonchev–Trinajstić information content (AvgIpc) is 2.20. The van der Waals surface area contributed by atoms with Crippen LogP contribution < -0.4 is 0 Å². The van der Waals surface area contributed by atoms with Gasteiger partial charge in [-0.1, -0.05) is 40.2 Å². The highest BCUT2D eigenvalue weighted by Crippen LogP contribution is 2.43. The van der Waals surface area contributed by atoms with Crippen LogP contribution in [0.1, 0.15) is 47.0 Å². The zero-order valence-corrected chi connectivity index (χ0v) is 9.18. The first-order valence-electron chi connectivity index (χ1n) is 5.24. The molecular weight excluding hydrogens is 160 g/mol. The highest BCUT2D eigenvalue weighted by atomic mass is 16.1. The van der Waals surface area contributed by atoms with E-state index in [1.165, 1.54) is 0 Å². The van der Waals surface area contributed by atoms with Gasteiger partial charge in [-0.2, -0.15) is 0 Å². The summed E-state index contributed by atoms with van der Waals surface area (Å²) in [6.07, 6.45) is 5.33. The Hall–Kier alpha value is -0.590. The molecule has 0 aromatic heterocycles. The van der Waals surface area contributed by atoms with E-state index in [4.69, 9.17) is 0 Å². The first kappa shape index (κ1) is 10.5. The van der Waals surface area contributed by atoms with Crippen LogP contribution in [0.5, 0.6) is 0 Å². The molecule has 1 heteroatoms. The number of Topliss-reactive ketones (excluding diaryl/α,β-unsaturated/α-hetero) is 1. The third-order valence-corrected chi connectivity index (χ3v) is 2.90. The van der Waals surface area contributed by atoms with Crippen LogP contribution in [-0.2, 0) is 4.79 Å². The van der Waals surface area contributed by atoms with E-state index in [0.717, 1.165) is 24.8 Å². The van der Waals surface area contributed by atoms with Crippen molar-refractivity contribution in [2.45, 2.75) is 47.0 Å². The van der Waals surface area contributed by atoms with Crippen LogP contribution in [0.3, 0.4) is 0 Å². The summed E-state index contributed by atoms with van der Waals surface area (Å²) in [7, 11) is 0. The molecule has 1 aliphatic carbocycles. The zero-order valence-electron chi connectivity index (χ0n) is 9.18. The molecule has 13 heavy (non-hydrogen) atoms. The molecule has 0 N–H and O–H groups in total. The normalized spacial score (nSPS) is 30.0. The van der Waals surface area contributed by atoms with E-state index in [-0.39, 0.29) is 11.3 Å². The van der Waals surface area contributed by atoms with E-state index in [1.807, 2.05) is 6.92 Å². The van der Waals surface area contributed by atoms with Gasteiger partial charge in [0.05, 0.1) is 0 Å². The van der Waals surface area contributed by atoms with Crippen LogP contribution in [0.15, 0.2) is 11.6 Å². The monoisotopic (exact) mass is 180 g/mol. The maximum absolute atomic E-state index is 11.8. The Bertz CT molecular complexity index is 236. The number of allylic oxidation sites excluding steroid dienone is 2. The molecule has 0 aliphatic heterocycles. The van der Waals surface area contributed by atoms with E-state index in [9.17, 15) is 4.79 Å². The van der Waals surface area contributed by atoms with Crippen molar-refractivity contribution in [3.63, 3.8) is 0 Å². The van der Waals surface area contributed by atoms with Gasteiger partial charge in [0.15, 0.2) is 5.78 Å². The first-order valence-corrected chi connectivity index (χ1v) is 5.24. The van der Waals surface area contributed by atoms with Gasteiger partial charge < -0.3 is 0 Å². The predicted molar refractivity (Wildman–Crippen MR) is 55.6 cm³/mol. The number of hydrogen-bond acceptors (Lipinski definition) is 1. The van der Waals surface area contributed by atoms with Crippen molar-refractivity contribution in [3.05, 3.63) is 11.6 Å². The Morgan fingerprint density at radius 1 is 1.54 bits per heavy atom. The summed E-state index contributed by atoms with van der Waals surface area (Å²) in [5.41, 5.74) is 1.19. The summed E-state index contributed by atoms with van der Waals surface area (Å²) in [5.74, 6) is 0.608. The van der Waals surface area contributed by atoms with Crippen molar-refractivity contribution in [3.8, 4) is 0 Å². The molecule has 0 radical (unpaired) electrons. The van der Waals surface area contributed by atoms with Crippen LogP contribution in [0.2, 0.25) is 0 Å². The molecule has 1 aliphatic rings. The van der Waals surface area contributed by atoms with Crippen LogP contribution >= 0.6 is 0 Å². The number of unbranched alkanes of at least 4 members (excludes halogenated alkanes) is 1. The summed E-state index contributed by atoms with van der Waals surface area (Å²) in [6, 6.07) is 0. The molecule has 74 valence electrons. The highest BCUT2D eigenvalue weighted by molar-refractivity contribution is 6.00. The van der Waals surface area contributed by atoms with E-state index in [2.05, 4.69) is 26.8 Å². The Labute approximate surface area is 81.2 Å². The molecule has 1 nitrogen and oxygen atoms in total. The molecule has 1 atom stereocenters. The minimum absolute atomic E-state index is 0.117. The lowest BCUT2D eigenvalue weighted by Crippen LogP contribution is -2.10. The third kappa shape index (κ3) is 2.01. The van der Waals surface area contributed by atoms with Crippen molar-refractivity contribution in [2.75, 3.05) is 0 Å². The summed E-state index contributed by atoms with van der Waals surface area (Å²) in [6.45, 7) is 8.54. The maximum Gasteiger partial charge on any atom is 0.161 e. The lowest BCUT2D eigenvalue weighted by molar-refractivity contribution is -0.117. The molecule has 1 fully saturated rings. The quantitative estimate of drug-likeness (QED) is 0.596. The molecule has 0 heterocycles. The topological polar surface area (TPSA) is 17.1 Å². The molecular formula is C12H20O. The SMILES string of the molecule is CCCC=C1C(=O)C(C)CC1(C)C. The predicted octanol–water partition coefficient (Wildman–Crippen LogP) is 3.35. The fourth-order valence-electron chi connectivity index (χ4n) is 2.23. The van der Waals surface area contributed by atoms with E-state index >= 15 is 0 Å². The fraction of sp³-hybridized carbons (Fsp3) is 0.750. The number of ketones is 1. The number of carbonyl (C=O) groups excluding carboxylic acids is 1. The third-order valence-electron chi connectivity index (χ3n) is 2.90. The van der Waals surface area contributed by atoms with Gasteiger partial charge >= 0.3 is 0 Å². The largest absolute Gasteiger partial charge is 0.294 e. The molecule has 0 saturated heterocycles. The summed E-state index contributed by atoms with van der Waals surface area (Å²) in [5, 5.41) is 0. The standard InChI is InChI=1S/C12H20O/c1-5-6-7-10-11(13)9(2)8-12(10,3)4/h7,9H,5-6,8H2,1-4H3. The molecule has 1 saturated carbocycles. The summed E-state index contributed by atoms with van der Waals surface area (Å²) in [4.78, 5) is 11.8. The fourth-order valence-corrected chi connectivity index (χ4v) is 2.23. The van der Waals surface area contributed by atoms with Gasteiger partial charge in [-0.05, 0) is 23.8 Å². The van der Waals surface area contributed by atoms with Crippen LogP contribution in [0.4, 0.5) is 0 Å². The lowest BCUT2D eigenvalue weighted by Gasteiger charge is -2.18. The van der Waals surface area contributed by atoms with E-state index in [0.29, 0.717) is 5.78 Å². The van der Waals surface area contributed by atoms with Gasteiger partial charge in [-0.25, -0.2) is 0 Å². The molecule has 1 rings (SSSR count). The van der Waals surface area contributed by atoms with Crippen molar-refractivity contribution in [1.82, 2.24) is 0 Å². The van der Waals surface area contributed by atoms with Gasteiger partial charge in [0.25, 0.3) is 0 Å². The van der Waals surface area contributed by atoms with Gasteiger partial charge in [0.1, 0.15) is 0 Å². The van der Waals surface area contributed by atoms with Crippen molar-refractivity contribution in [1.29, 1.82) is 0 Å². The zero-order chi connectivity index (χ0) is 10.1. The average molecular weight is 180 g/mol. The summed E-state index contributed by atoms with van der Waals surface area (Å²) < 4.78 is 0. The smallest absolute Gasteiger partial charge is 0.161 e. The van der Waals surface area contributed by atoms with E-state index in [1.54, 1.807) is 0 Å². The number of carbonyl (C=O) groups is 1. The van der Waals surface area contributed by atoms with Crippen LogP contribution in [0.25, 0.3) is 0 Å². The molecule has 0 spiro atoms. The summed E-state index contributed by atoms with van der Waals surface area (Å²) >= 11 is 0. The second-order valence-electron chi connectivity index (χ2n) is 4.76. The Balaban J connectivity index is 2.87. The second-order valence-corrected chi connectivity index (χ2v) is 4.76. The Morgan fingerprint density at radius 3 is 2.54 bits per heavy atom. The molecule has 0 aromatic rings. The van der Waals surface area contributed by atoms with E-state index < -0.39 is 0 Å². The lowest BCUT2D eigenvalue weighted by atomic mass is 9.86.